The molecule has 9 heteroatoms. The summed E-state index contributed by atoms with van der Waals surface area (Å²) in [6.07, 6.45) is 1.81. The second-order valence-electron chi connectivity index (χ2n) is 5.69. The van der Waals surface area contributed by atoms with Gasteiger partial charge in [-0.25, -0.2) is 28.4 Å². The van der Waals surface area contributed by atoms with Gasteiger partial charge in [-0.2, -0.15) is 0 Å². The van der Waals surface area contributed by atoms with Gasteiger partial charge in [0, 0.05) is 30.6 Å². The average Bonchev–Trinajstić information content (AvgIpc) is 2.51. The van der Waals surface area contributed by atoms with Crippen LogP contribution in [-0.4, -0.2) is 38.9 Å². The molecule has 0 aromatic carbocycles. The second kappa shape index (κ2) is 6.39. The first kappa shape index (κ1) is 16.7. The van der Waals surface area contributed by atoms with Crippen LogP contribution in [0.5, 0.6) is 0 Å². The molecule has 0 spiro atoms. The van der Waals surface area contributed by atoms with Crippen molar-refractivity contribution < 1.29 is 18.7 Å². The summed E-state index contributed by atoms with van der Waals surface area (Å²) in [5.41, 5.74) is -0.957. The molecule has 2 heterocycles. The van der Waals surface area contributed by atoms with Gasteiger partial charge in [0.25, 0.3) is 0 Å². The van der Waals surface area contributed by atoms with Crippen molar-refractivity contribution in [3.8, 4) is 0 Å². The maximum absolute atomic E-state index is 14.2. The highest BCUT2D eigenvalue weighted by Gasteiger charge is 2.50. The van der Waals surface area contributed by atoms with E-state index in [9.17, 15) is 18.7 Å². The third-order valence-electron chi connectivity index (χ3n) is 4.03. The number of carboxylic acid groups (broad SMARTS) is 1. The first-order valence-corrected chi connectivity index (χ1v) is 7.94. The predicted molar refractivity (Wildman–Crippen MR) is 85.1 cm³/mol. The molecule has 126 valence electrons. The Bertz CT molecular complexity index is 753. The lowest BCUT2D eigenvalue weighted by atomic mass is 9.64. The number of nitrogens with zero attached hydrogens (tertiary/aromatic N) is 4. The maximum atomic E-state index is 14.2. The molecule has 0 atom stereocenters. The lowest BCUT2D eigenvalue weighted by molar-refractivity contribution is 0.0900. The molecule has 1 aliphatic rings. The van der Waals surface area contributed by atoms with Crippen molar-refractivity contribution >= 4 is 28.0 Å². The van der Waals surface area contributed by atoms with Crippen LogP contribution in [0.1, 0.15) is 18.5 Å². The summed E-state index contributed by atoms with van der Waals surface area (Å²) in [7, 11) is 0. The molecule has 0 saturated heterocycles. The van der Waals surface area contributed by atoms with Crippen molar-refractivity contribution in [1.29, 1.82) is 0 Å². The summed E-state index contributed by atoms with van der Waals surface area (Å²) in [4.78, 5) is 24.5. The van der Waals surface area contributed by atoms with Crippen LogP contribution in [0.2, 0.25) is 0 Å². The van der Waals surface area contributed by atoms with Crippen LogP contribution < -0.4 is 4.90 Å². The summed E-state index contributed by atoms with van der Waals surface area (Å²) in [6.45, 7) is -0.168. The minimum Gasteiger partial charge on any atom is -0.465 e. The van der Waals surface area contributed by atoms with Gasteiger partial charge in [0.05, 0.1) is 10.2 Å². The number of alkyl halides is 1. The zero-order valence-corrected chi connectivity index (χ0v) is 13.9. The van der Waals surface area contributed by atoms with Gasteiger partial charge in [-0.15, -0.1) is 0 Å². The van der Waals surface area contributed by atoms with Crippen molar-refractivity contribution in [3.63, 3.8) is 0 Å². The minimum atomic E-state index is -1.30. The molecular weight excluding hydrogens is 386 g/mol. The number of anilines is 1. The Balaban J connectivity index is 1.96. The number of hydrogen-bond donors (Lipinski definition) is 1. The van der Waals surface area contributed by atoms with E-state index in [1.807, 2.05) is 0 Å². The van der Waals surface area contributed by atoms with Gasteiger partial charge in [0.15, 0.2) is 0 Å². The fourth-order valence-electron chi connectivity index (χ4n) is 2.93. The first-order chi connectivity index (χ1) is 11.4. The molecule has 24 heavy (non-hydrogen) atoms. The Hall–Kier alpha value is -2.16. The summed E-state index contributed by atoms with van der Waals surface area (Å²) in [5.74, 6) is -0.629. The Kier molecular flexibility index (Phi) is 4.44. The quantitative estimate of drug-likeness (QED) is 0.854. The summed E-state index contributed by atoms with van der Waals surface area (Å²) >= 11 is 3.17. The SMILES string of the molecule is O=C(O)N(C[C@]1(c2ncccc2F)C[C@H](F)C1)c1ncc(Br)cn1. The molecule has 0 radical (unpaired) electrons. The number of carbonyl (C=O) groups is 1. The first-order valence-electron chi connectivity index (χ1n) is 7.14. The number of aromatic nitrogens is 3. The van der Waals surface area contributed by atoms with E-state index in [0.29, 0.717) is 4.47 Å². The topological polar surface area (TPSA) is 79.2 Å². The molecule has 2 aromatic heterocycles. The highest BCUT2D eigenvalue weighted by molar-refractivity contribution is 9.10. The normalized spacial score (nSPS) is 22.7. The molecule has 0 bridgehead atoms. The molecule has 0 unspecified atom stereocenters. The monoisotopic (exact) mass is 398 g/mol. The molecule has 1 fully saturated rings. The van der Waals surface area contributed by atoms with Crippen LogP contribution in [0.15, 0.2) is 35.2 Å². The Morgan fingerprint density at radius 3 is 2.58 bits per heavy atom. The molecule has 3 rings (SSSR count). The van der Waals surface area contributed by atoms with Crippen molar-refractivity contribution in [3.05, 3.63) is 46.7 Å². The Labute approximate surface area is 144 Å². The van der Waals surface area contributed by atoms with E-state index in [1.165, 1.54) is 30.7 Å². The van der Waals surface area contributed by atoms with Gasteiger partial charge in [0.1, 0.15) is 12.0 Å². The summed E-state index contributed by atoms with van der Waals surface area (Å²) in [5, 5.41) is 9.49. The van der Waals surface area contributed by atoms with Crippen molar-refractivity contribution in [2.24, 2.45) is 0 Å². The van der Waals surface area contributed by atoms with E-state index in [2.05, 4.69) is 30.9 Å². The molecular formula is C15H13BrF2N4O2. The Morgan fingerprint density at radius 1 is 1.38 bits per heavy atom. The molecule has 1 saturated carbocycles. The molecule has 2 aromatic rings. The van der Waals surface area contributed by atoms with Gasteiger partial charge >= 0.3 is 6.09 Å². The van der Waals surface area contributed by atoms with Crippen LogP contribution in [0, 0.1) is 5.82 Å². The zero-order chi connectivity index (χ0) is 17.3. The van der Waals surface area contributed by atoms with E-state index >= 15 is 0 Å². The third kappa shape index (κ3) is 3.08. The smallest absolute Gasteiger partial charge is 0.414 e. The largest absolute Gasteiger partial charge is 0.465 e. The number of pyridine rings is 1. The van der Waals surface area contributed by atoms with Crippen LogP contribution in [-0.2, 0) is 5.41 Å². The number of hydrogen-bond acceptors (Lipinski definition) is 4. The highest BCUT2D eigenvalue weighted by atomic mass is 79.9. The number of amides is 1. The lowest BCUT2D eigenvalue weighted by Crippen LogP contribution is -2.53. The van der Waals surface area contributed by atoms with Gasteiger partial charge in [0.2, 0.25) is 5.95 Å². The van der Waals surface area contributed by atoms with Crippen molar-refractivity contribution in [2.45, 2.75) is 24.4 Å². The molecule has 1 amide bonds. The van der Waals surface area contributed by atoms with Gasteiger partial charge < -0.3 is 5.11 Å². The fraction of sp³-hybridized carbons (Fsp3) is 0.333. The van der Waals surface area contributed by atoms with E-state index in [-0.39, 0.29) is 31.0 Å². The lowest BCUT2D eigenvalue weighted by Gasteiger charge is -2.45. The fourth-order valence-corrected chi connectivity index (χ4v) is 3.14. The van der Waals surface area contributed by atoms with Crippen LogP contribution in [0.3, 0.4) is 0 Å². The molecule has 0 aliphatic heterocycles. The number of halogens is 3. The maximum Gasteiger partial charge on any atom is 0.414 e. The molecule has 6 nitrogen and oxygen atoms in total. The summed E-state index contributed by atoms with van der Waals surface area (Å²) < 4.78 is 28.3. The van der Waals surface area contributed by atoms with Crippen molar-refractivity contribution in [2.75, 3.05) is 11.4 Å². The second-order valence-corrected chi connectivity index (χ2v) is 6.61. The zero-order valence-electron chi connectivity index (χ0n) is 12.4. The van der Waals surface area contributed by atoms with Crippen LogP contribution >= 0.6 is 15.9 Å². The van der Waals surface area contributed by atoms with E-state index < -0.39 is 23.5 Å². The van der Waals surface area contributed by atoms with E-state index in [0.717, 1.165) is 4.90 Å². The third-order valence-corrected chi connectivity index (χ3v) is 4.43. The van der Waals surface area contributed by atoms with Gasteiger partial charge in [-0.1, -0.05) is 0 Å². The average molecular weight is 399 g/mol. The minimum absolute atomic E-state index is 0.00123. The van der Waals surface area contributed by atoms with Gasteiger partial charge in [-0.3, -0.25) is 4.98 Å². The van der Waals surface area contributed by atoms with Crippen LogP contribution in [0.4, 0.5) is 19.5 Å². The van der Waals surface area contributed by atoms with E-state index in [1.54, 1.807) is 0 Å². The Morgan fingerprint density at radius 2 is 2.04 bits per heavy atom. The standard InChI is InChI=1S/C15H13BrF2N4O2/c16-9-6-20-13(21-7-9)22(14(23)24)8-15(4-10(17)5-15)12-11(18)2-1-3-19-12/h1-3,6-7,10H,4-5,8H2,(H,23,24)/t10-,15-. The van der Waals surface area contributed by atoms with E-state index in [4.69, 9.17) is 0 Å². The highest BCUT2D eigenvalue weighted by Crippen LogP contribution is 2.46. The predicted octanol–water partition coefficient (Wildman–Crippen LogP) is 3.33. The molecule has 1 aliphatic carbocycles. The molecule has 1 N–H and O–H groups in total. The van der Waals surface area contributed by atoms with Gasteiger partial charge in [-0.05, 0) is 40.9 Å². The summed E-state index contributed by atoms with van der Waals surface area (Å²) in [6, 6.07) is 2.67. The van der Waals surface area contributed by atoms with Crippen molar-refractivity contribution in [1.82, 2.24) is 15.0 Å². The van der Waals surface area contributed by atoms with Crippen LogP contribution in [0.25, 0.3) is 0 Å². The number of rotatable bonds is 4.